The second-order valence-corrected chi connectivity index (χ2v) is 4.55. The SMILES string of the molecule is CC1Cc2c(nn(-c3ccccc3)c2N)NC1=O. The Morgan fingerprint density at radius 2 is 2.11 bits per heavy atom. The van der Waals surface area contributed by atoms with Crippen LogP contribution in [-0.4, -0.2) is 15.7 Å². The monoisotopic (exact) mass is 242 g/mol. The van der Waals surface area contributed by atoms with Crippen LogP contribution in [0.3, 0.4) is 0 Å². The number of rotatable bonds is 1. The molecule has 92 valence electrons. The number of benzene rings is 1. The molecule has 1 aliphatic rings. The van der Waals surface area contributed by atoms with Gasteiger partial charge in [-0.2, -0.15) is 0 Å². The molecule has 0 saturated carbocycles. The lowest BCUT2D eigenvalue weighted by molar-refractivity contribution is -0.119. The van der Waals surface area contributed by atoms with E-state index in [9.17, 15) is 4.79 Å². The lowest BCUT2D eigenvalue weighted by Crippen LogP contribution is -2.27. The van der Waals surface area contributed by atoms with Gasteiger partial charge in [0.15, 0.2) is 5.82 Å². The first-order chi connectivity index (χ1) is 8.66. The second kappa shape index (κ2) is 3.87. The summed E-state index contributed by atoms with van der Waals surface area (Å²) in [6, 6.07) is 9.65. The maximum Gasteiger partial charge on any atom is 0.228 e. The van der Waals surface area contributed by atoms with Crippen LogP contribution in [0.1, 0.15) is 12.5 Å². The number of nitrogen functional groups attached to an aromatic ring is 1. The molecule has 0 bridgehead atoms. The van der Waals surface area contributed by atoms with Crippen LogP contribution < -0.4 is 11.1 Å². The number of carbonyl (C=O) groups is 1. The van der Waals surface area contributed by atoms with Gasteiger partial charge in [0.05, 0.1) is 5.69 Å². The van der Waals surface area contributed by atoms with Gasteiger partial charge in [-0.25, -0.2) is 4.68 Å². The number of fused-ring (bicyclic) bond motifs is 1. The molecular weight excluding hydrogens is 228 g/mol. The molecule has 5 heteroatoms. The van der Waals surface area contributed by atoms with Crippen molar-refractivity contribution in [1.82, 2.24) is 9.78 Å². The third kappa shape index (κ3) is 1.55. The Bertz CT molecular complexity index is 603. The van der Waals surface area contributed by atoms with Crippen LogP contribution in [0.2, 0.25) is 0 Å². The van der Waals surface area contributed by atoms with E-state index in [0.29, 0.717) is 18.1 Å². The van der Waals surface area contributed by atoms with Gasteiger partial charge >= 0.3 is 0 Å². The van der Waals surface area contributed by atoms with E-state index in [1.54, 1.807) is 4.68 Å². The fourth-order valence-corrected chi connectivity index (χ4v) is 2.17. The molecule has 5 nitrogen and oxygen atoms in total. The molecule has 1 unspecified atom stereocenters. The average Bonchev–Trinajstić information content (AvgIpc) is 2.69. The topological polar surface area (TPSA) is 72.9 Å². The molecule has 2 aromatic rings. The number of hydrogen-bond donors (Lipinski definition) is 2. The third-order valence-corrected chi connectivity index (χ3v) is 3.22. The van der Waals surface area contributed by atoms with Gasteiger partial charge in [0.1, 0.15) is 5.82 Å². The highest BCUT2D eigenvalue weighted by Gasteiger charge is 2.28. The Morgan fingerprint density at radius 1 is 1.39 bits per heavy atom. The molecule has 0 aliphatic carbocycles. The summed E-state index contributed by atoms with van der Waals surface area (Å²) in [5.74, 6) is 1.12. The van der Waals surface area contributed by atoms with Crippen LogP contribution >= 0.6 is 0 Å². The Hall–Kier alpha value is -2.30. The standard InChI is InChI=1S/C13H14N4O/c1-8-7-10-11(14)17(9-5-3-2-4-6-9)16-12(10)15-13(8)18/h2-6,8H,7,14H2,1H3,(H,15,16,18). The zero-order chi connectivity index (χ0) is 12.7. The predicted molar refractivity (Wildman–Crippen MR) is 69.5 cm³/mol. The minimum absolute atomic E-state index is 0.000196. The number of nitrogens with one attached hydrogen (secondary N) is 1. The summed E-state index contributed by atoms with van der Waals surface area (Å²) in [5, 5.41) is 7.15. The van der Waals surface area contributed by atoms with Crippen LogP contribution in [0, 0.1) is 5.92 Å². The maximum atomic E-state index is 11.6. The molecule has 3 rings (SSSR count). The number of hydrogen-bond acceptors (Lipinski definition) is 3. The van der Waals surface area contributed by atoms with Crippen molar-refractivity contribution < 1.29 is 4.79 Å². The number of para-hydroxylation sites is 1. The van der Waals surface area contributed by atoms with Crippen LogP contribution in [0.5, 0.6) is 0 Å². The van der Waals surface area contributed by atoms with Crippen LogP contribution in [0.15, 0.2) is 30.3 Å². The summed E-state index contributed by atoms with van der Waals surface area (Å²) in [6.45, 7) is 1.89. The molecule has 1 aromatic heterocycles. The van der Waals surface area contributed by atoms with Gasteiger partial charge in [-0.15, -0.1) is 5.10 Å². The summed E-state index contributed by atoms with van der Waals surface area (Å²) in [7, 11) is 0. The van der Waals surface area contributed by atoms with Gasteiger partial charge in [-0.3, -0.25) is 4.79 Å². The average molecular weight is 242 g/mol. The Labute approximate surface area is 105 Å². The highest BCUT2D eigenvalue weighted by molar-refractivity contribution is 5.95. The van der Waals surface area contributed by atoms with E-state index in [4.69, 9.17) is 5.73 Å². The minimum Gasteiger partial charge on any atom is -0.383 e. The first kappa shape index (κ1) is 10.8. The zero-order valence-corrected chi connectivity index (χ0v) is 10.1. The normalized spacial score (nSPS) is 18.3. The molecule has 1 aliphatic heterocycles. The number of carbonyl (C=O) groups excluding carboxylic acids is 1. The van der Waals surface area contributed by atoms with E-state index in [1.165, 1.54) is 0 Å². The molecule has 0 fully saturated rings. The molecule has 1 atom stereocenters. The van der Waals surface area contributed by atoms with Crippen molar-refractivity contribution in [2.24, 2.45) is 5.92 Å². The highest BCUT2D eigenvalue weighted by Crippen LogP contribution is 2.31. The van der Waals surface area contributed by atoms with Gasteiger partial charge in [-0.1, -0.05) is 25.1 Å². The zero-order valence-electron chi connectivity index (χ0n) is 10.1. The Balaban J connectivity index is 2.10. The minimum atomic E-state index is -0.0618. The van der Waals surface area contributed by atoms with Crippen molar-refractivity contribution in [3.8, 4) is 5.69 Å². The van der Waals surface area contributed by atoms with Gasteiger partial charge < -0.3 is 11.1 Å². The van der Waals surface area contributed by atoms with Crippen LogP contribution in [0.25, 0.3) is 5.69 Å². The molecule has 0 radical (unpaired) electrons. The van der Waals surface area contributed by atoms with Crippen molar-refractivity contribution in [1.29, 1.82) is 0 Å². The molecule has 2 heterocycles. The second-order valence-electron chi connectivity index (χ2n) is 4.55. The summed E-state index contributed by atoms with van der Waals surface area (Å²) >= 11 is 0. The van der Waals surface area contributed by atoms with Gasteiger partial charge in [-0.05, 0) is 18.6 Å². The number of nitrogens with zero attached hydrogens (tertiary/aromatic N) is 2. The Morgan fingerprint density at radius 3 is 2.83 bits per heavy atom. The summed E-state index contributed by atoms with van der Waals surface area (Å²) in [4.78, 5) is 11.6. The fraction of sp³-hybridized carbons (Fsp3) is 0.231. The van der Waals surface area contributed by atoms with Crippen molar-refractivity contribution in [2.75, 3.05) is 11.1 Å². The van der Waals surface area contributed by atoms with E-state index < -0.39 is 0 Å². The summed E-state index contributed by atoms with van der Waals surface area (Å²) in [5.41, 5.74) is 7.93. The lowest BCUT2D eigenvalue weighted by atomic mass is 9.98. The number of amides is 1. The first-order valence-electron chi connectivity index (χ1n) is 5.90. The van der Waals surface area contributed by atoms with E-state index in [0.717, 1.165) is 11.3 Å². The van der Waals surface area contributed by atoms with E-state index in [-0.39, 0.29) is 11.8 Å². The van der Waals surface area contributed by atoms with Gasteiger partial charge in [0.2, 0.25) is 5.91 Å². The molecular formula is C13H14N4O. The third-order valence-electron chi connectivity index (χ3n) is 3.22. The molecule has 0 saturated heterocycles. The van der Waals surface area contributed by atoms with Crippen molar-refractivity contribution >= 4 is 17.5 Å². The fourth-order valence-electron chi connectivity index (χ4n) is 2.17. The van der Waals surface area contributed by atoms with Crippen molar-refractivity contribution in [2.45, 2.75) is 13.3 Å². The van der Waals surface area contributed by atoms with E-state index in [1.807, 2.05) is 37.3 Å². The smallest absolute Gasteiger partial charge is 0.228 e. The summed E-state index contributed by atoms with van der Waals surface area (Å²) < 4.78 is 1.67. The largest absolute Gasteiger partial charge is 0.383 e. The predicted octanol–water partition coefficient (Wildman–Crippen LogP) is 1.59. The quantitative estimate of drug-likeness (QED) is 0.797. The molecule has 3 N–H and O–H groups in total. The van der Waals surface area contributed by atoms with Crippen LogP contribution in [-0.2, 0) is 11.2 Å². The molecule has 0 spiro atoms. The Kier molecular flexibility index (Phi) is 2.33. The first-order valence-corrected chi connectivity index (χ1v) is 5.90. The highest BCUT2D eigenvalue weighted by atomic mass is 16.2. The number of anilines is 2. The number of nitrogens with two attached hydrogens (primary N) is 1. The summed E-state index contributed by atoms with van der Waals surface area (Å²) in [6.07, 6.45) is 0.639. The van der Waals surface area contributed by atoms with Crippen molar-refractivity contribution in [3.63, 3.8) is 0 Å². The van der Waals surface area contributed by atoms with Gasteiger partial charge in [0, 0.05) is 11.5 Å². The molecule has 18 heavy (non-hydrogen) atoms. The van der Waals surface area contributed by atoms with Gasteiger partial charge in [0.25, 0.3) is 0 Å². The van der Waals surface area contributed by atoms with Crippen LogP contribution in [0.4, 0.5) is 11.6 Å². The lowest BCUT2D eigenvalue weighted by Gasteiger charge is -2.17. The molecule has 1 aromatic carbocycles. The van der Waals surface area contributed by atoms with E-state index >= 15 is 0 Å². The van der Waals surface area contributed by atoms with Crippen molar-refractivity contribution in [3.05, 3.63) is 35.9 Å². The number of aromatic nitrogens is 2. The molecule has 1 amide bonds. The maximum absolute atomic E-state index is 11.6. The van der Waals surface area contributed by atoms with E-state index in [2.05, 4.69) is 10.4 Å².